The Bertz CT molecular complexity index is 1430. The summed E-state index contributed by atoms with van der Waals surface area (Å²) in [5.41, 5.74) is 4.51. The van der Waals surface area contributed by atoms with Crippen molar-refractivity contribution in [1.29, 1.82) is 0 Å². The van der Waals surface area contributed by atoms with E-state index < -0.39 is 16.1 Å². The number of nitrogens with one attached hydrogen (secondary N) is 1. The molecule has 42 heavy (non-hydrogen) atoms. The van der Waals surface area contributed by atoms with E-state index in [-0.39, 0.29) is 31.3 Å². The van der Waals surface area contributed by atoms with Gasteiger partial charge in [-0.1, -0.05) is 77.8 Å². The van der Waals surface area contributed by atoms with Crippen LogP contribution >= 0.6 is 15.9 Å². The van der Waals surface area contributed by atoms with Gasteiger partial charge in [0.25, 0.3) is 0 Å². The standard InChI is InChI=1S/C33H42BrN3O4S/c1-5-6-20-35-33(39)31(23-27-11-8-7-9-12-27)36(24-28-15-17-29(34)18-16-28)32(38)13-10-21-37(42(4,40)41)30-19-14-25(2)26(3)22-30/h7-9,11-12,14-19,22,31H,5-6,10,13,20-21,23-24H2,1-4H3,(H,35,39)/t31-/m0/s1. The van der Waals surface area contributed by atoms with Crippen LogP contribution < -0.4 is 9.62 Å². The summed E-state index contributed by atoms with van der Waals surface area (Å²) in [4.78, 5) is 29.1. The molecule has 0 aromatic heterocycles. The third-order valence-corrected chi connectivity index (χ3v) is 9.02. The zero-order valence-electron chi connectivity index (χ0n) is 25.0. The van der Waals surface area contributed by atoms with Gasteiger partial charge in [-0.05, 0) is 73.2 Å². The van der Waals surface area contributed by atoms with E-state index in [1.807, 2.05) is 80.6 Å². The Labute approximate surface area is 259 Å². The molecule has 0 saturated carbocycles. The molecule has 0 saturated heterocycles. The smallest absolute Gasteiger partial charge is 0.243 e. The van der Waals surface area contributed by atoms with Gasteiger partial charge >= 0.3 is 0 Å². The van der Waals surface area contributed by atoms with Crippen LogP contribution in [0.1, 0.15) is 54.9 Å². The van der Waals surface area contributed by atoms with Crippen LogP contribution in [0.15, 0.2) is 77.3 Å². The van der Waals surface area contributed by atoms with Gasteiger partial charge in [0.05, 0.1) is 11.9 Å². The monoisotopic (exact) mass is 655 g/mol. The fourth-order valence-electron chi connectivity index (χ4n) is 4.73. The van der Waals surface area contributed by atoms with E-state index in [4.69, 9.17) is 0 Å². The van der Waals surface area contributed by atoms with E-state index in [2.05, 4.69) is 28.2 Å². The van der Waals surface area contributed by atoms with Gasteiger partial charge in [0.15, 0.2) is 0 Å². The molecule has 0 aliphatic heterocycles. The third-order valence-electron chi connectivity index (χ3n) is 7.30. The molecule has 3 rings (SSSR count). The van der Waals surface area contributed by atoms with E-state index in [0.717, 1.165) is 39.6 Å². The molecule has 0 radical (unpaired) electrons. The molecule has 9 heteroatoms. The van der Waals surface area contributed by atoms with E-state index in [1.165, 1.54) is 10.6 Å². The summed E-state index contributed by atoms with van der Waals surface area (Å²) in [5.74, 6) is -0.385. The molecule has 0 bridgehead atoms. The molecule has 2 amide bonds. The topological polar surface area (TPSA) is 86.8 Å². The molecular formula is C33H42BrN3O4S. The summed E-state index contributed by atoms with van der Waals surface area (Å²) in [6, 6.07) is 22.2. The van der Waals surface area contributed by atoms with Crippen molar-refractivity contribution in [3.63, 3.8) is 0 Å². The summed E-state index contributed by atoms with van der Waals surface area (Å²) in [5, 5.41) is 3.03. The highest BCUT2D eigenvalue weighted by atomic mass is 79.9. The first-order chi connectivity index (χ1) is 20.0. The van der Waals surface area contributed by atoms with E-state index in [1.54, 1.807) is 11.0 Å². The molecule has 0 heterocycles. The second-order valence-corrected chi connectivity index (χ2v) is 13.5. The Morgan fingerprint density at radius 1 is 0.905 bits per heavy atom. The predicted molar refractivity (Wildman–Crippen MR) is 174 cm³/mol. The quantitative estimate of drug-likeness (QED) is 0.199. The SMILES string of the molecule is CCCCNC(=O)[C@H](Cc1ccccc1)N(Cc1ccc(Br)cc1)C(=O)CCCN(c1ccc(C)c(C)c1)S(C)(=O)=O. The number of rotatable bonds is 15. The molecule has 1 N–H and O–H groups in total. The highest BCUT2D eigenvalue weighted by Gasteiger charge is 2.30. The summed E-state index contributed by atoms with van der Waals surface area (Å²) >= 11 is 3.47. The van der Waals surface area contributed by atoms with Gasteiger partial charge in [0.1, 0.15) is 6.04 Å². The lowest BCUT2D eigenvalue weighted by atomic mass is 10.0. The summed E-state index contributed by atoms with van der Waals surface area (Å²) in [6.07, 6.45) is 3.76. The number of benzene rings is 3. The van der Waals surface area contributed by atoms with Gasteiger partial charge in [-0.15, -0.1) is 0 Å². The zero-order valence-corrected chi connectivity index (χ0v) is 27.4. The zero-order chi connectivity index (χ0) is 30.7. The first-order valence-electron chi connectivity index (χ1n) is 14.4. The fourth-order valence-corrected chi connectivity index (χ4v) is 5.95. The van der Waals surface area contributed by atoms with Crippen molar-refractivity contribution in [2.75, 3.05) is 23.7 Å². The normalized spacial score (nSPS) is 12.0. The Hall–Kier alpha value is -3.17. The van der Waals surface area contributed by atoms with Crippen LogP contribution in [0.5, 0.6) is 0 Å². The maximum atomic E-state index is 13.9. The second kappa shape index (κ2) is 15.9. The number of hydrogen-bond donors (Lipinski definition) is 1. The number of amides is 2. The lowest BCUT2D eigenvalue weighted by Gasteiger charge is -2.32. The first-order valence-corrected chi connectivity index (χ1v) is 17.0. The van der Waals surface area contributed by atoms with Gasteiger partial charge < -0.3 is 10.2 Å². The number of anilines is 1. The van der Waals surface area contributed by atoms with Gasteiger partial charge in [0.2, 0.25) is 21.8 Å². The molecule has 7 nitrogen and oxygen atoms in total. The third kappa shape index (κ3) is 9.98. The molecule has 0 aliphatic rings. The van der Waals surface area contributed by atoms with E-state index in [9.17, 15) is 18.0 Å². The van der Waals surface area contributed by atoms with Crippen LogP contribution in [0.2, 0.25) is 0 Å². The fraction of sp³-hybridized carbons (Fsp3) is 0.394. The molecule has 0 unspecified atom stereocenters. The highest BCUT2D eigenvalue weighted by molar-refractivity contribution is 9.10. The lowest BCUT2D eigenvalue weighted by Crippen LogP contribution is -2.50. The van der Waals surface area contributed by atoms with E-state index in [0.29, 0.717) is 25.1 Å². The Morgan fingerprint density at radius 2 is 1.60 bits per heavy atom. The van der Waals surface area contributed by atoms with Crippen LogP contribution in [0.4, 0.5) is 5.69 Å². The number of sulfonamides is 1. The van der Waals surface area contributed by atoms with Crippen LogP contribution in [0, 0.1) is 13.8 Å². The molecule has 3 aromatic carbocycles. The molecule has 0 spiro atoms. The van der Waals surface area contributed by atoms with Gasteiger partial charge in [0, 0.05) is 36.9 Å². The molecule has 0 fully saturated rings. The van der Waals surface area contributed by atoms with Crippen LogP contribution in [0.25, 0.3) is 0 Å². The van der Waals surface area contributed by atoms with Crippen LogP contribution in [-0.2, 0) is 32.6 Å². The minimum Gasteiger partial charge on any atom is -0.354 e. The van der Waals surface area contributed by atoms with Gasteiger partial charge in [-0.25, -0.2) is 8.42 Å². The number of carbonyl (C=O) groups is 2. The van der Waals surface area contributed by atoms with Crippen LogP contribution in [0.3, 0.4) is 0 Å². The second-order valence-electron chi connectivity index (χ2n) is 10.7. The van der Waals surface area contributed by atoms with Crippen molar-refractivity contribution < 1.29 is 18.0 Å². The van der Waals surface area contributed by atoms with Crippen molar-refractivity contribution in [2.24, 2.45) is 0 Å². The molecule has 3 aromatic rings. The lowest BCUT2D eigenvalue weighted by molar-refractivity contribution is -0.141. The molecular weight excluding hydrogens is 614 g/mol. The number of halogens is 1. The van der Waals surface area contributed by atoms with Crippen molar-refractivity contribution in [1.82, 2.24) is 10.2 Å². The average molecular weight is 657 g/mol. The van der Waals surface area contributed by atoms with Gasteiger partial charge in [-0.3, -0.25) is 13.9 Å². The average Bonchev–Trinajstić information content (AvgIpc) is 2.95. The summed E-state index contributed by atoms with van der Waals surface area (Å²) in [7, 11) is -3.56. The Kier molecular flexibility index (Phi) is 12.6. The Balaban J connectivity index is 1.87. The first kappa shape index (κ1) is 33.3. The maximum Gasteiger partial charge on any atom is 0.243 e. The highest BCUT2D eigenvalue weighted by Crippen LogP contribution is 2.23. The van der Waals surface area contributed by atoms with Crippen molar-refractivity contribution in [3.05, 3.63) is 99.5 Å². The number of hydrogen-bond acceptors (Lipinski definition) is 4. The minimum atomic E-state index is -3.56. The molecule has 1 atom stereocenters. The van der Waals surface area contributed by atoms with E-state index >= 15 is 0 Å². The van der Waals surface area contributed by atoms with Crippen molar-refractivity contribution in [3.8, 4) is 0 Å². The maximum absolute atomic E-state index is 13.9. The van der Waals surface area contributed by atoms with Crippen molar-refractivity contribution >= 4 is 43.5 Å². The number of aryl methyl sites for hydroxylation is 2. The summed E-state index contributed by atoms with van der Waals surface area (Å²) < 4.78 is 27.7. The largest absolute Gasteiger partial charge is 0.354 e. The number of carbonyl (C=O) groups excluding carboxylic acids is 2. The minimum absolute atomic E-state index is 0.0981. The van der Waals surface area contributed by atoms with Crippen molar-refractivity contribution in [2.45, 2.75) is 65.5 Å². The number of nitrogens with zero attached hydrogens (tertiary/aromatic N) is 2. The summed E-state index contributed by atoms with van der Waals surface area (Å²) in [6.45, 7) is 6.95. The Morgan fingerprint density at radius 3 is 2.21 bits per heavy atom. The van der Waals surface area contributed by atoms with Gasteiger partial charge in [-0.2, -0.15) is 0 Å². The van der Waals surface area contributed by atoms with Crippen LogP contribution in [-0.4, -0.2) is 50.5 Å². The molecule has 0 aliphatic carbocycles. The number of unbranched alkanes of at least 4 members (excludes halogenated alkanes) is 1. The predicted octanol–water partition coefficient (Wildman–Crippen LogP) is 6.17. The molecule has 226 valence electrons.